The summed E-state index contributed by atoms with van der Waals surface area (Å²) in [6.07, 6.45) is 0.914. The third-order valence-electron chi connectivity index (χ3n) is 5.82. The van der Waals surface area contributed by atoms with Gasteiger partial charge in [-0.3, -0.25) is 4.79 Å². The molecule has 4 rings (SSSR count). The van der Waals surface area contributed by atoms with Crippen LogP contribution in [0.1, 0.15) is 47.1 Å². The summed E-state index contributed by atoms with van der Waals surface area (Å²) < 4.78 is 12.3. The van der Waals surface area contributed by atoms with Crippen LogP contribution in [0, 0.1) is 18.3 Å². The zero-order valence-electron chi connectivity index (χ0n) is 14.7. The van der Waals surface area contributed by atoms with Crippen molar-refractivity contribution in [2.75, 3.05) is 14.2 Å². The molecule has 0 bridgehead atoms. The quantitative estimate of drug-likeness (QED) is 0.869. The van der Waals surface area contributed by atoms with Crippen molar-refractivity contribution in [3.8, 4) is 11.5 Å². The number of methoxy groups -OCH3 is 2. The summed E-state index contributed by atoms with van der Waals surface area (Å²) in [6, 6.07) is 5.35. The van der Waals surface area contributed by atoms with Gasteiger partial charge in [0.15, 0.2) is 0 Å². The van der Waals surface area contributed by atoms with E-state index in [0.29, 0.717) is 34.3 Å². The molecular weight excluding hydrogens is 304 g/mol. The highest BCUT2D eigenvalue weighted by Crippen LogP contribution is 2.70. The second-order valence-electron chi connectivity index (χ2n) is 7.31. The van der Waals surface area contributed by atoms with Crippen LogP contribution < -0.4 is 9.47 Å². The average Bonchev–Trinajstić information content (AvgIpc) is 2.92. The van der Waals surface area contributed by atoms with Crippen molar-refractivity contribution in [3.05, 3.63) is 40.7 Å². The average molecular weight is 326 g/mol. The smallest absolute Gasteiger partial charge is 0.285 e. The molecule has 1 fully saturated rings. The van der Waals surface area contributed by atoms with Crippen LogP contribution in [0.4, 0.5) is 0 Å². The van der Waals surface area contributed by atoms with Gasteiger partial charge in [-0.05, 0) is 42.7 Å². The monoisotopic (exact) mass is 326 g/mol. The third kappa shape index (κ3) is 1.81. The Morgan fingerprint density at radius 3 is 2.46 bits per heavy atom. The molecule has 2 aromatic rings. The number of ether oxygens (including phenoxy) is 2. The van der Waals surface area contributed by atoms with Crippen LogP contribution in [-0.4, -0.2) is 29.9 Å². The molecule has 1 aromatic heterocycles. The first-order valence-corrected chi connectivity index (χ1v) is 8.25. The second kappa shape index (κ2) is 4.85. The maximum absolute atomic E-state index is 13.2. The van der Waals surface area contributed by atoms with E-state index in [9.17, 15) is 4.79 Å². The van der Waals surface area contributed by atoms with Gasteiger partial charge in [0.05, 0.1) is 25.6 Å². The van der Waals surface area contributed by atoms with Gasteiger partial charge in [-0.15, -0.1) is 0 Å². The van der Waals surface area contributed by atoms with E-state index < -0.39 is 0 Å². The molecule has 0 aliphatic heterocycles. The van der Waals surface area contributed by atoms with Crippen LogP contribution in [0.5, 0.6) is 11.5 Å². The fraction of sp³-hybridized carbons (Fsp3) is 0.474. The van der Waals surface area contributed by atoms with E-state index in [0.717, 1.165) is 17.8 Å². The first-order chi connectivity index (χ1) is 11.4. The van der Waals surface area contributed by atoms with Gasteiger partial charge >= 0.3 is 0 Å². The molecule has 0 amide bonds. The summed E-state index contributed by atoms with van der Waals surface area (Å²) in [7, 11) is 3.12. The summed E-state index contributed by atoms with van der Waals surface area (Å²) in [5.74, 6) is 1.98. The molecule has 24 heavy (non-hydrogen) atoms. The van der Waals surface area contributed by atoms with Crippen molar-refractivity contribution >= 4 is 5.91 Å². The summed E-state index contributed by atoms with van der Waals surface area (Å²) in [5, 5.41) is 4.56. The molecule has 1 aromatic carbocycles. The number of carbonyl (C=O) groups is 1. The highest BCUT2D eigenvalue weighted by Gasteiger charge is 2.64. The molecule has 1 heterocycles. The van der Waals surface area contributed by atoms with E-state index in [2.05, 4.69) is 18.9 Å². The lowest BCUT2D eigenvalue weighted by molar-refractivity contribution is 0.0934. The molecule has 5 heteroatoms. The van der Waals surface area contributed by atoms with E-state index in [1.807, 2.05) is 13.0 Å². The lowest BCUT2D eigenvalue weighted by Gasteiger charge is -2.14. The lowest BCUT2D eigenvalue weighted by atomic mass is 9.98. The molecule has 2 aliphatic carbocycles. The number of rotatable bonds is 3. The largest absolute Gasteiger partial charge is 0.496 e. The predicted molar refractivity (Wildman–Crippen MR) is 90.0 cm³/mol. The van der Waals surface area contributed by atoms with Gasteiger partial charge in [0, 0.05) is 5.56 Å². The van der Waals surface area contributed by atoms with E-state index in [1.54, 1.807) is 31.0 Å². The van der Waals surface area contributed by atoms with Gasteiger partial charge in [0.1, 0.15) is 17.1 Å². The fourth-order valence-corrected chi connectivity index (χ4v) is 4.43. The van der Waals surface area contributed by atoms with Crippen LogP contribution in [0.25, 0.3) is 0 Å². The number of nitrogens with zero attached hydrogens (tertiary/aromatic N) is 2. The minimum Gasteiger partial charge on any atom is -0.496 e. The molecule has 1 saturated carbocycles. The third-order valence-corrected chi connectivity index (χ3v) is 5.82. The Hall–Kier alpha value is -2.30. The number of fused-ring (bicyclic) bond motifs is 3. The van der Waals surface area contributed by atoms with Gasteiger partial charge < -0.3 is 9.47 Å². The molecule has 126 valence electrons. The Balaban J connectivity index is 1.82. The summed E-state index contributed by atoms with van der Waals surface area (Å²) in [4.78, 5) is 13.2. The Kier molecular flexibility index (Phi) is 3.08. The highest BCUT2D eigenvalue weighted by molar-refractivity contribution is 6.01. The van der Waals surface area contributed by atoms with Crippen LogP contribution in [0.15, 0.2) is 18.2 Å². The Labute approximate surface area is 141 Å². The topological polar surface area (TPSA) is 53.4 Å². The van der Waals surface area contributed by atoms with Crippen molar-refractivity contribution in [2.24, 2.45) is 11.3 Å². The minimum atomic E-state index is -0.187. The molecule has 0 saturated heterocycles. The summed E-state index contributed by atoms with van der Waals surface area (Å²) in [6.45, 7) is 6.60. The number of carbonyl (C=O) groups excluding carboxylic acids is 1. The van der Waals surface area contributed by atoms with Gasteiger partial charge in [0.25, 0.3) is 5.91 Å². The highest BCUT2D eigenvalue weighted by atomic mass is 16.5. The van der Waals surface area contributed by atoms with Crippen LogP contribution in [0.2, 0.25) is 0 Å². The summed E-state index contributed by atoms with van der Waals surface area (Å²) in [5.41, 5.74) is 4.04. The molecule has 5 nitrogen and oxygen atoms in total. The van der Waals surface area contributed by atoms with Crippen LogP contribution in [0.3, 0.4) is 0 Å². The maximum Gasteiger partial charge on any atom is 0.285 e. The van der Waals surface area contributed by atoms with Crippen molar-refractivity contribution in [1.82, 2.24) is 9.78 Å². The van der Waals surface area contributed by atoms with Crippen molar-refractivity contribution in [1.29, 1.82) is 0 Å². The molecule has 0 radical (unpaired) electrons. The fourth-order valence-electron chi connectivity index (χ4n) is 4.43. The second-order valence-corrected chi connectivity index (χ2v) is 7.31. The molecular formula is C19H22N2O3. The summed E-state index contributed by atoms with van der Waals surface area (Å²) >= 11 is 0. The van der Waals surface area contributed by atoms with Gasteiger partial charge in [-0.25, -0.2) is 0 Å². The molecule has 2 atom stereocenters. The van der Waals surface area contributed by atoms with Crippen molar-refractivity contribution < 1.29 is 14.3 Å². The SMILES string of the molecule is COc1cccc(OC)c1C(=O)n1nc(C)c2c1C[C@@H]1[C@H]2C1(C)C. The zero-order valence-corrected chi connectivity index (χ0v) is 14.7. The standard InChI is InChI=1S/C19H22N2O3/c1-10-15-12(9-11-17(15)19(11,2)3)21(20-10)18(22)16-13(23-4)7-6-8-14(16)24-5/h6-8,11,17H,9H2,1-5H3/t11-,17-/m1/s1. The molecule has 0 N–H and O–H groups in total. The minimum absolute atomic E-state index is 0.187. The number of aromatic nitrogens is 2. The first kappa shape index (κ1) is 15.2. The Bertz CT molecular complexity index is 828. The number of hydrogen-bond donors (Lipinski definition) is 0. The van der Waals surface area contributed by atoms with Gasteiger partial charge in [-0.1, -0.05) is 19.9 Å². The van der Waals surface area contributed by atoms with E-state index >= 15 is 0 Å². The zero-order chi connectivity index (χ0) is 17.2. The lowest BCUT2D eigenvalue weighted by Crippen LogP contribution is -2.19. The number of aryl methyl sites for hydroxylation is 1. The Morgan fingerprint density at radius 2 is 1.88 bits per heavy atom. The van der Waals surface area contributed by atoms with E-state index in [4.69, 9.17) is 9.47 Å². The van der Waals surface area contributed by atoms with Gasteiger partial charge in [0.2, 0.25) is 0 Å². The van der Waals surface area contributed by atoms with Crippen molar-refractivity contribution in [3.63, 3.8) is 0 Å². The maximum atomic E-state index is 13.2. The molecule has 0 spiro atoms. The first-order valence-electron chi connectivity index (χ1n) is 8.25. The van der Waals surface area contributed by atoms with Crippen LogP contribution >= 0.6 is 0 Å². The van der Waals surface area contributed by atoms with E-state index in [1.165, 1.54) is 5.56 Å². The van der Waals surface area contributed by atoms with Crippen LogP contribution in [-0.2, 0) is 6.42 Å². The molecule has 2 aliphatic rings. The number of benzene rings is 1. The van der Waals surface area contributed by atoms with E-state index in [-0.39, 0.29) is 5.91 Å². The van der Waals surface area contributed by atoms with Gasteiger partial charge in [-0.2, -0.15) is 9.78 Å². The Morgan fingerprint density at radius 1 is 1.25 bits per heavy atom. The predicted octanol–water partition coefficient (Wildman–Crippen LogP) is 3.19. The van der Waals surface area contributed by atoms with Crippen molar-refractivity contribution in [2.45, 2.75) is 33.1 Å². The normalized spacial score (nSPS) is 22.7. The number of hydrogen-bond acceptors (Lipinski definition) is 4. The molecule has 0 unspecified atom stereocenters.